The second-order valence-corrected chi connectivity index (χ2v) is 6.38. The molecule has 1 nitrogen and oxygen atoms in total. The van der Waals surface area contributed by atoms with Gasteiger partial charge >= 0.3 is 0 Å². The molecular formula is C12H12Br2O. The molecule has 0 aliphatic heterocycles. The van der Waals surface area contributed by atoms with Gasteiger partial charge in [-0.05, 0) is 46.5 Å². The molecule has 15 heavy (non-hydrogen) atoms. The monoisotopic (exact) mass is 330 g/mol. The molecule has 80 valence electrons. The van der Waals surface area contributed by atoms with Crippen molar-refractivity contribution < 1.29 is 4.79 Å². The summed E-state index contributed by atoms with van der Waals surface area (Å²) in [6.07, 6.45) is 0.820. The van der Waals surface area contributed by atoms with Crippen molar-refractivity contribution in [2.24, 2.45) is 5.41 Å². The Morgan fingerprint density at radius 1 is 1.33 bits per heavy atom. The van der Waals surface area contributed by atoms with Gasteiger partial charge in [-0.3, -0.25) is 4.79 Å². The zero-order valence-electron chi connectivity index (χ0n) is 8.95. The summed E-state index contributed by atoms with van der Waals surface area (Å²) in [6, 6.07) is 2.07. The van der Waals surface area contributed by atoms with E-state index >= 15 is 0 Å². The first-order valence-electron chi connectivity index (χ1n) is 4.87. The maximum Gasteiger partial charge on any atom is 0.170 e. The maximum atomic E-state index is 12.2. The molecule has 0 atom stereocenters. The minimum atomic E-state index is -0.263. The van der Waals surface area contributed by atoms with Crippen LogP contribution in [0.25, 0.3) is 0 Å². The molecule has 0 radical (unpaired) electrons. The number of hydrogen-bond acceptors (Lipinski definition) is 1. The number of carbonyl (C=O) groups excluding carboxylic acids is 1. The van der Waals surface area contributed by atoms with Gasteiger partial charge in [0, 0.05) is 19.9 Å². The van der Waals surface area contributed by atoms with Gasteiger partial charge in [-0.1, -0.05) is 29.8 Å². The van der Waals surface area contributed by atoms with Crippen LogP contribution >= 0.6 is 31.9 Å². The summed E-state index contributed by atoms with van der Waals surface area (Å²) in [5.41, 5.74) is 2.85. The van der Waals surface area contributed by atoms with Crippen molar-refractivity contribution in [2.45, 2.75) is 27.2 Å². The van der Waals surface area contributed by atoms with E-state index in [4.69, 9.17) is 0 Å². The molecule has 3 heteroatoms. The lowest BCUT2D eigenvalue weighted by Crippen LogP contribution is -2.19. The maximum absolute atomic E-state index is 12.2. The number of carbonyl (C=O) groups is 1. The second kappa shape index (κ2) is 3.42. The number of benzene rings is 1. The van der Waals surface area contributed by atoms with Crippen molar-refractivity contribution in [1.29, 1.82) is 0 Å². The van der Waals surface area contributed by atoms with Crippen molar-refractivity contribution >= 4 is 37.6 Å². The van der Waals surface area contributed by atoms with E-state index in [1.807, 2.05) is 20.8 Å². The molecule has 0 aromatic heterocycles. The van der Waals surface area contributed by atoms with Crippen LogP contribution in [0.15, 0.2) is 15.0 Å². The fraction of sp³-hybridized carbons (Fsp3) is 0.417. The van der Waals surface area contributed by atoms with Crippen molar-refractivity contribution in [3.63, 3.8) is 0 Å². The van der Waals surface area contributed by atoms with Gasteiger partial charge in [-0.25, -0.2) is 0 Å². The molecule has 1 aliphatic carbocycles. The van der Waals surface area contributed by atoms with Gasteiger partial charge in [0.1, 0.15) is 0 Å². The van der Waals surface area contributed by atoms with Gasteiger partial charge < -0.3 is 0 Å². The van der Waals surface area contributed by atoms with Crippen molar-refractivity contribution in [3.8, 4) is 0 Å². The van der Waals surface area contributed by atoms with Gasteiger partial charge in [0.25, 0.3) is 0 Å². The van der Waals surface area contributed by atoms with Crippen molar-refractivity contribution in [3.05, 3.63) is 31.7 Å². The van der Waals surface area contributed by atoms with Gasteiger partial charge in [0.2, 0.25) is 0 Å². The number of ketones is 1. The molecular weight excluding hydrogens is 320 g/mol. The van der Waals surface area contributed by atoms with E-state index in [9.17, 15) is 4.79 Å². The minimum Gasteiger partial charge on any atom is -0.294 e. The fourth-order valence-corrected chi connectivity index (χ4v) is 3.28. The Morgan fingerprint density at radius 2 is 1.93 bits per heavy atom. The molecule has 0 bridgehead atoms. The van der Waals surface area contributed by atoms with E-state index in [-0.39, 0.29) is 11.2 Å². The Morgan fingerprint density at radius 3 is 2.53 bits per heavy atom. The highest BCUT2D eigenvalue weighted by Crippen LogP contribution is 2.43. The lowest BCUT2D eigenvalue weighted by molar-refractivity contribution is 0.0863. The van der Waals surface area contributed by atoms with E-state index in [0.29, 0.717) is 0 Å². The Kier molecular flexibility index (Phi) is 2.59. The number of aryl methyl sites for hydroxylation is 1. The minimum absolute atomic E-state index is 0.244. The van der Waals surface area contributed by atoms with Crippen LogP contribution in [0, 0.1) is 12.3 Å². The smallest absolute Gasteiger partial charge is 0.170 e. The zero-order chi connectivity index (χ0) is 11.4. The number of rotatable bonds is 0. The van der Waals surface area contributed by atoms with Gasteiger partial charge in [0.05, 0.1) is 0 Å². The van der Waals surface area contributed by atoms with Crippen LogP contribution < -0.4 is 0 Å². The molecule has 0 amide bonds. The average molecular weight is 332 g/mol. The first kappa shape index (κ1) is 11.3. The summed E-state index contributed by atoms with van der Waals surface area (Å²) < 4.78 is 2.01. The van der Waals surface area contributed by atoms with Crippen LogP contribution in [-0.2, 0) is 6.42 Å². The normalized spacial score (nSPS) is 18.1. The third-order valence-electron chi connectivity index (χ3n) is 2.96. The largest absolute Gasteiger partial charge is 0.294 e. The van der Waals surface area contributed by atoms with Crippen LogP contribution in [0.4, 0.5) is 0 Å². The van der Waals surface area contributed by atoms with E-state index in [1.165, 1.54) is 0 Å². The summed E-state index contributed by atoms with van der Waals surface area (Å²) >= 11 is 7.05. The topological polar surface area (TPSA) is 17.1 Å². The Hall–Kier alpha value is -0.150. The average Bonchev–Trinajstić information content (AvgIpc) is 2.36. The summed E-state index contributed by atoms with van der Waals surface area (Å²) in [7, 11) is 0. The zero-order valence-corrected chi connectivity index (χ0v) is 12.1. The summed E-state index contributed by atoms with van der Waals surface area (Å²) in [4.78, 5) is 12.2. The lowest BCUT2D eigenvalue weighted by Gasteiger charge is -2.13. The van der Waals surface area contributed by atoms with E-state index < -0.39 is 0 Å². The van der Waals surface area contributed by atoms with Crippen LogP contribution in [0.5, 0.6) is 0 Å². The first-order valence-corrected chi connectivity index (χ1v) is 6.45. The fourth-order valence-electron chi connectivity index (χ4n) is 2.06. The van der Waals surface area contributed by atoms with E-state index in [0.717, 1.165) is 32.1 Å². The third kappa shape index (κ3) is 1.60. The summed E-state index contributed by atoms with van der Waals surface area (Å²) in [5.74, 6) is 0.244. The van der Waals surface area contributed by atoms with Crippen LogP contribution in [0.2, 0.25) is 0 Å². The molecule has 2 rings (SSSR count). The number of halogens is 2. The predicted molar refractivity (Wildman–Crippen MR) is 68.4 cm³/mol. The Balaban J connectivity index is 2.75. The number of Topliss-reactive ketones (excluding diaryl/α,β-unsaturated/α-hetero) is 1. The highest BCUT2D eigenvalue weighted by atomic mass is 79.9. The van der Waals surface area contributed by atoms with Crippen molar-refractivity contribution in [2.75, 3.05) is 0 Å². The molecule has 1 aliphatic rings. The predicted octanol–water partition coefficient (Wildman–Crippen LogP) is 4.29. The Labute approximate surface area is 107 Å². The lowest BCUT2D eigenvalue weighted by atomic mass is 9.89. The third-order valence-corrected chi connectivity index (χ3v) is 4.69. The highest BCUT2D eigenvalue weighted by molar-refractivity contribution is 9.11. The van der Waals surface area contributed by atoms with Crippen LogP contribution in [-0.4, -0.2) is 5.78 Å². The molecule has 0 spiro atoms. The SMILES string of the molecule is Cc1cc(Br)c2c(c1Br)C(=O)C(C)(C)C2. The molecule has 0 unspecified atom stereocenters. The highest BCUT2D eigenvalue weighted by Gasteiger charge is 2.40. The van der Waals surface area contributed by atoms with Crippen LogP contribution in [0.1, 0.15) is 35.3 Å². The standard InChI is InChI=1S/C12H12Br2O/c1-6-4-8(13)7-5-12(2,3)11(15)9(7)10(6)14/h4H,5H2,1-3H3. The van der Waals surface area contributed by atoms with Gasteiger partial charge in [-0.15, -0.1) is 0 Å². The van der Waals surface area contributed by atoms with E-state index in [2.05, 4.69) is 37.9 Å². The Bertz CT molecular complexity index is 461. The quantitative estimate of drug-likeness (QED) is 0.693. The van der Waals surface area contributed by atoms with Gasteiger partial charge in [-0.2, -0.15) is 0 Å². The van der Waals surface area contributed by atoms with Gasteiger partial charge in [0.15, 0.2) is 5.78 Å². The molecule has 1 aromatic carbocycles. The first-order chi connectivity index (χ1) is 6.84. The molecule has 1 aromatic rings. The summed E-state index contributed by atoms with van der Waals surface area (Å²) in [6.45, 7) is 6.01. The summed E-state index contributed by atoms with van der Waals surface area (Å²) in [5, 5.41) is 0. The number of hydrogen-bond donors (Lipinski definition) is 0. The second-order valence-electron chi connectivity index (χ2n) is 4.73. The molecule has 0 fully saturated rings. The van der Waals surface area contributed by atoms with Crippen molar-refractivity contribution in [1.82, 2.24) is 0 Å². The number of fused-ring (bicyclic) bond motifs is 1. The van der Waals surface area contributed by atoms with E-state index in [1.54, 1.807) is 0 Å². The molecule has 0 saturated carbocycles. The molecule has 0 heterocycles. The van der Waals surface area contributed by atoms with Crippen LogP contribution in [0.3, 0.4) is 0 Å². The molecule has 0 N–H and O–H groups in total. The molecule has 0 saturated heterocycles.